The first-order valence-electron chi connectivity index (χ1n) is 7.42. The molecule has 0 radical (unpaired) electrons. The molecule has 0 amide bonds. The Morgan fingerprint density at radius 3 is 1.48 bits per heavy atom. The van der Waals surface area contributed by atoms with Gasteiger partial charge in [-0.2, -0.15) is 0 Å². The third-order valence-electron chi connectivity index (χ3n) is 2.93. The Morgan fingerprint density at radius 1 is 0.760 bits per heavy atom. The Balaban J connectivity index is 2.88. The zero-order valence-corrected chi connectivity index (χ0v) is 15.4. The maximum absolute atomic E-state index is 11.7. The van der Waals surface area contributed by atoms with E-state index in [-0.39, 0.29) is 54.3 Å². The molecule has 134 valence electrons. The zero-order chi connectivity index (χ0) is 19.0. The lowest BCUT2D eigenvalue weighted by atomic mass is 10.2. The van der Waals surface area contributed by atoms with E-state index in [9.17, 15) is 24.0 Å². The van der Waals surface area contributed by atoms with Crippen molar-refractivity contribution in [2.24, 2.45) is 0 Å². The van der Waals surface area contributed by atoms with Crippen LogP contribution in [0.2, 0.25) is 0 Å². The van der Waals surface area contributed by atoms with Gasteiger partial charge in [0, 0.05) is 24.5 Å². The molecular formula is C17H17BrO7. The van der Waals surface area contributed by atoms with Gasteiger partial charge in [-0.05, 0) is 41.9 Å². The lowest BCUT2D eigenvalue weighted by molar-refractivity contribution is -0.136. The summed E-state index contributed by atoms with van der Waals surface area (Å²) in [5.74, 6) is -1.59. The van der Waals surface area contributed by atoms with E-state index in [2.05, 4.69) is 15.9 Å². The van der Waals surface area contributed by atoms with Gasteiger partial charge in [-0.25, -0.2) is 0 Å². The van der Waals surface area contributed by atoms with Crippen LogP contribution >= 0.6 is 15.9 Å². The Bertz CT molecular complexity index is 659. The van der Waals surface area contributed by atoms with Crippen LogP contribution in [0.4, 0.5) is 0 Å². The lowest BCUT2D eigenvalue weighted by Crippen LogP contribution is -2.12. The molecule has 0 aromatic heterocycles. The molecule has 0 saturated carbocycles. The molecule has 1 aromatic carbocycles. The van der Waals surface area contributed by atoms with Gasteiger partial charge in [-0.3, -0.25) is 14.4 Å². The van der Waals surface area contributed by atoms with Gasteiger partial charge in [0.2, 0.25) is 4.69 Å². The van der Waals surface area contributed by atoms with Crippen LogP contribution in [-0.4, -0.2) is 28.2 Å². The van der Waals surface area contributed by atoms with Crippen molar-refractivity contribution in [1.29, 1.82) is 0 Å². The minimum absolute atomic E-state index is 0.00761. The van der Waals surface area contributed by atoms with Gasteiger partial charge in [-0.15, -0.1) is 0 Å². The summed E-state index contributed by atoms with van der Waals surface area (Å²) in [6.07, 6.45) is -0.114. The summed E-state index contributed by atoms with van der Waals surface area (Å²) in [5, 5.41) is 0. The van der Waals surface area contributed by atoms with Crippen molar-refractivity contribution in [1.82, 2.24) is 0 Å². The number of hydrogen-bond acceptors (Lipinski definition) is 7. The van der Waals surface area contributed by atoms with E-state index in [1.165, 1.54) is 32.0 Å². The van der Waals surface area contributed by atoms with E-state index >= 15 is 0 Å². The molecular weight excluding hydrogens is 396 g/mol. The number of halogens is 1. The Hall–Kier alpha value is -2.35. The summed E-state index contributed by atoms with van der Waals surface area (Å²) in [6, 6.07) is 3.88. The zero-order valence-electron chi connectivity index (χ0n) is 13.8. The molecule has 8 heteroatoms. The highest BCUT2D eigenvalue weighted by Gasteiger charge is 2.14. The molecule has 0 heterocycles. The predicted octanol–water partition coefficient (Wildman–Crippen LogP) is 2.77. The van der Waals surface area contributed by atoms with Gasteiger partial charge < -0.3 is 19.1 Å². The molecule has 0 aliphatic carbocycles. The maximum Gasteiger partial charge on any atom is 0.311 e. The fraction of sp³-hybridized carbons (Fsp3) is 0.353. The third kappa shape index (κ3) is 8.35. The average Bonchev–Trinajstić information content (AvgIpc) is 2.50. The number of Topliss-reactive ketones (excluding diaryl/α,β-unsaturated/α-hetero) is 2. The normalized spacial score (nSPS) is 10.0. The number of carbonyl (C=O) groups is 5. The van der Waals surface area contributed by atoms with E-state index in [4.69, 9.17) is 9.47 Å². The standard InChI is InChI=1S/C17H17BrO7/c1-10(19)3-5-15(21)24-13-7-12(17(18)23)8-14(9-13)25-16(22)6-4-11(2)20/h7-9H,3-6H2,1-2H3. The fourth-order valence-corrected chi connectivity index (χ4v) is 1.95. The second-order valence-corrected chi connectivity index (χ2v) is 6.04. The summed E-state index contributed by atoms with van der Waals surface area (Å²) in [6.45, 7) is 2.71. The van der Waals surface area contributed by atoms with Crippen molar-refractivity contribution in [3.8, 4) is 11.5 Å². The summed E-state index contributed by atoms with van der Waals surface area (Å²) in [5.41, 5.74) is 0.117. The number of hydrogen-bond donors (Lipinski definition) is 0. The minimum atomic E-state index is -0.650. The highest BCUT2D eigenvalue weighted by Crippen LogP contribution is 2.25. The Kier molecular flexibility index (Phi) is 8.13. The minimum Gasteiger partial charge on any atom is -0.426 e. The topological polar surface area (TPSA) is 104 Å². The monoisotopic (exact) mass is 412 g/mol. The van der Waals surface area contributed by atoms with Crippen LogP contribution in [0.3, 0.4) is 0 Å². The number of benzene rings is 1. The molecule has 0 spiro atoms. The second-order valence-electron chi connectivity index (χ2n) is 5.32. The summed E-state index contributed by atoms with van der Waals surface area (Å²) < 4.78 is 9.64. The van der Waals surface area contributed by atoms with Gasteiger partial charge >= 0.3 is 11.9 Å². The van der Waals surface area contributed by atoms with E-state index in [0.29, 0.717) is 0 Å². The van der Waals surface area contributed by atoms with Gasteiger partial charge in [0.1, 0.15) is 23.1 Å². The second kappa shape index (κ2) is 9.83. The summed E-state index contributed by atoms with van der Waals surface area (Å²) >= 11 is 2.77. The first-order chi connectivity index (χ1) is 11.7. The number of ether oxygens (including phenoxy) is 2. The Morgan fingerprint density at radius 2 is 1.16 bits per heavy atom. The number of rotatable bonds is 9. The first kappa shape index (κ1) is 20.7. The van der Waals surface area contributed by atoms with Crippen LogP contribution in [0.25, 0.3) is 0 Å². The SMILES string of the molecule is CC(=O)CCC(=O)Oc1cc(OC(=O)CCC(C)=O)cc(C(=O)Br)c1. The summed E-state index contributed by atoms with van der Waals surface area (Å²) in [4.78, 5) is 56.7. The van der Waals surface area contributed by atoms with Crippen LogP contribution < -0.4 is 9.47 Å². The molecule has 1 aromatic rings. The van der Waals surface area contributed by atoms with Crippen molar-refractivity contribution < 1.29 is 33.4 Å². The van der Waals surface area contributed by atoms with Crippen LogP contribution in [0.15, 0.2) is 18.2 Å². The molecule has 1 rings (SSSR count). The lowest BCUT2D eigenvalue weighted by Gasteiger charge is -2.09. The van der Waals surface area contributed by atoms with Crippen molar-refractivity contribution in [3.05, 3.63) is 23.8 Å². The van der Waals surface area contributed by atoms with Crippen molar-refractivity contribution in [2.45, 2.75) is 39.5 Å². The highest BCUT2D eigenvalue weighted by atomic mass is 79.9. The molecule has 0 atom stereocenters. The van der Waals surface area contributed by atoms with E-state index in [1.807, 2.05) is 0 Å². The number of esters is 2. The van der Waals surface area contributed by atoms with Crippen molar-refractivity contribution in [3.63, 3.8) is 0 Å². The predicted molar refractivity (Wildman–Crippen MR) is 90.8 cm³/mol. The van der Waals surface area contributed by atoms with Crippen molar-refractivity contribution >= 4 is 44.1 Å². The van der Waals surface area contributed by atoms with Crippen LogP contribution in [0, 0.1) is 0 Å². The van der Waals surface area contributed by atoms with Gasteiger partial charge in [0.05, 0.1) is 12.8 Å². The third-order valence-corrected chi connectivity index (χ3v) is 3.39. The van der Waals surface area contributed by atoms with Crippen LogP contribution in [-0.2, 0) is 19.2 Å². The molecule has 0 aliphatic rings. The molecule has 7 nitrogen and oxygen atoms in total. The summed E-state index contributed by atoms with van der Waals surface area (Å²) in [7, 11) is 0. The molecule has 0 unspecified atom stereocenters. The molecule has 0 saturated heterocycles. The molecule has 25 heavy (non-hydrogen) atoms. The first-order valence-corrected chi connectivity index (χ1v) is 8.22. The van der Waals surface area contributed by atoms with Gasteiger partial charge in [0.25, 0.3) is 0 Å². The molecule has 0 aliphatic heterocycles. The quantitative estimate of drug-likeness (QED) is 0.348. The fourth-order valence-electron chi connectivity index (χ4n) is 1.72. The van der Waals surface area contributed by atoms with Gasteiger partial charge in [-0.1, -0.05) is 0 Å². The molecule has 0 fully saturated rings. The van der Waals surface area contributed by atoms with Crippen LogP contribution in [0.1, 0.15) is 49.9 Å². The number of ketones is 2. The number of carbonyl (C=O) groups excluding carboxylic acids is 5. The Labute approximate surface area is 152 Å². The van der Waals surface area contributed by atoms with E-state index in [1.54, 1.807) is 0 Å². The van der Waals surface area contributed by atoms with Crippen molar-refractivity contribution in [2.75, 3.05) is 0 Å². The molecule has 0 bridgehead atoms. The van der Waals surface area contributed by atoms with Gasteiger partial charge in [0.15, 0.2) is 0 Å². The smallest absolute Gasteiger partial charge is 0.311 e. The largest absolute Gasteiger partial charge is 0.426 e. The average molecular weight is 413 g/mol. The van der Waals surface area contributed by atoms with E-state index in [0.717, 1.165) is 0 Å². The maximum atomic E-state index is 11.7. The molecule has 0 N–H and O–H groups in total. The van der Waals surface area contributed by atoms with Crippen LogP contribution in [0.5, 0.6) is 11.5 Å². The van der Waals surface area contributed by atoms with E-state index < -0.39 is 16.6 Å². The highest BCUT2D eigenvalue weighted by molar-refractivity contribution is 9.18.